The molecule has 2 N–H and O–H groups in total. The number of rotatable bonds is 4. The maximum Gasteiger partial charge on any atom is 0.338 e. The van der Waals surface area contributed by atoms with E-state index in [0.717, 1.165) is 16.9 Å². The lowest BCUT2D eigenvalue weighted by molar-refractivity contribution is 0.0698. The van der Waals surface area contributed by atoms with Crippen LogP contribution < -0.4 is 5.32 Å². The number of thiophene rings is 2. The Labute approximate surface area is 118 Å². The maximum atomic E-state index is 12.1. The molecule has 0 aliphatic heterocycles. The fourth-order valence-corrected chi connectivity index (χ4v) is 3.51. The number of anilines is 1. The quantitative estimate of drug-likeness (QED) is 0.905. The summed E-state index contributed by atoms with van der Waals surface area (Å²) in [5, 5.41) is 13.7. The van der Waals surface area contributed by atoms with Gasteiger partial charge in [0.1, 0.15) is 5.00 Å². The zero-order chi connectivity index (χ0) is 14.0. The minimum atomic E-state index is -1.03. The number of carboxylic acids is 1. The van der Waals surface area contributed by atoms with Crippen LogP contribution in [-0.2, 0) is 6.42 Å². The van der Waals surface area contributed by atoms with Gasteiger partial charge >= 0.3 is 5.97 Å². The van der Waals surface area contributed by atoms with Crippen molar-refractivity contribution in [3.63, 3.8) is 0 Å². The number of carbonyl (C=O) groups excluding carboxylic acids is 1. The van der Waals surface area contributed by atoms with Gasteiger partial charge in [-0.25, -0.2) is 4.79 Å². The molecule has 0 aliphatic rings. The first-order valence-electron chi connectivity index (χ1n) is 5.74. The van der Waals surface area contributed by atoms with Crippen LogP contribution >= 0.6 is 22.7 Å². The Kier molecular flexibility index (Phi) is 4.01. The Morgan fingerprint density at radius 1 is 1.42 bits per heavy atom. The van der Waals surface area contributed by atoms with E-state index in [2.05, 4.69) is 5.32 Å². The van der Waals surface area contributed by atoms with Crippen molar-refractivity contribution in [1.82, 2.24) is 0 Å². The van der Waals surface area contributed by atoms with Crippen molar-refractivity contribution in [2.45, 2.75) is 20.3 Å². The van der Waals surface area contributed by atoms with Crippen molar-refractivity contribution in [3.05, 3.63) is 38.4 Å². The van der Waals surface area contributed by atoms with Gasteiger partial charge < -0.3 is 10.4 Å². The summed E-state index contributed by atoms with van der Waals surface area (Å²) in [5.74, 6) is -1.29. The molecule has 2 rings (SSSR count). The lowest BCUT2D eigenvalue weighted by Gasteiger charge is -2.01. The fourth-order valence-electron chi connectivity index (χ4n) is 1.72. The van der Waals surface area contributed by atoms with Crippen LogP contribution in [0, 0.1) is 6.92 Å². The maximum absolute atomic E-state index is 12.1. The molecule has 0 radical (unpaired) electrons. The molecule has 2 aromatic rings. The molecule has 2 heterocycles. The van der Waals surface area contributed by atoms with E-state index in [4.69, 9.17) is 5.11 Å². The Balaban J connectivity index is 2.20. The molecule has 0 bridgehead atoms. The number of amides is 1. The van der Waals surface area contributed by atoms with Gasteiger partial charge in [0.15, 0.2) is 0 Å². The Hall–Kier alpha value is -1.66. The van der Waals surface area contributed by atoms with Gasteiger partial charge in [-0.1, -0.05) is 6.92 Å². The molecule has 0 saturated carbocycles. The van der Waals surface area contributed by atoms with Gasteiger partial charge in [-0.05, 0) is 36.4 Å². The van der Waals surface area contributed by atoms with E-state index in [1.165, 1.54) is 28.7 Å². The molecule has 0 aliphatic carbocycles. The van der Waals surface area contributed by atoms with Crippen LogP contribution in [0.25, 0.3) is 0 Å². The van der Waals surface area contributed by atoms with Gasteiger partial charge in [-0.3, -0.25) is 4.79 Å². The summed E-state index contributed by atoms with van der Waals surface area (Å²) in [4.78, 5) is 24.8. The highest BCUT2D eigenvalue weighted by molar-refractivity contribution is 7.15. The van der Waals surface area contributed by atoms with Crippen LogP contribution in [0.2, 0.25) is 0 Å². The third kappa shape index (κ3) is 2.85. The molecule has 19 heavy (non-hydrogen) atoms. The predicted molar refractivity (Wildman–Crippen MR) is 77.7 cm³/mol. The van der Waals surface area contributed by atoms with Crippen molar-refractivity contribution in [2.75, 3.05) is 5.32 Å². The molecule has 0 aromatic carbocycles. The molecule has 1 amide bonds. The Morgan fingerprint density at radius 2 is 2.16 bits per heavy atom. The SMILES string of the molecule is CCc1cc(C(=O)Nc2sccc2C(=O)O)sc1C. The normalized spacial score (nSPS) is 10.4. The summed E-state index contributed by atoms with van der Waals surface area (Å²) in [6.45, 7) is 4.02. The average molecular weight is 295 g/mol. The van der Waals surface area contributed by atoms with Gasteiger partial charge in [0.2, 0.25) is 0 Å². The minimum absolute atomic E-state index is 0.127. The van der Waals surface area contributed by atoms with Crippen molar-refractivity contribution >= 4 is 39.6 Å². The zero-order valence-electron chi connectivity index (χ0n) is 10.5. The Morgan fingerprint density at radius 3 is 2.74 bits per heavy atom. The van der Waals surface area contributed by atoms with Crippen LogP contribution in [0.1, 0.15) is 37.4 Å². The first-order chi connectivity index (χ1) is 9.02. The standard InChI is InChI=1S/C13H13NO3S2/c1-3-8-6-10(19-7(8)2)11(15)14-12-9(13(16)17)4-5-18-12/h4-6H,3H2,1-2H3,(H,14,15)(H,16,17). The summed E-state index contributed by atoms with van der Waals surface area (Å²) in [6, 6.07) is 3.35. The molecule has 100 valence electrons. The van der Waals surface area contributed by atoms with Crippen molar-refractivity contribution in [3.8, 4) is 0 Å². The van der Waals surface area contributed by atoms with Gasteiger partial charge in [0.25, 0.3) is 5.91 Å². The number of carbonyl (C=O) groups is 2. The number of hydrogen-bond acceptors (Lipinski definition) is 4. The van der Waals surface area contributed by atoms with Crippen molar-refractivity contribution < 1.29 is 14.7 Å². The average Bonchev–Trinajstić information content (AvgIpc) is 2.95. The molecule has 0 unspecified atom stereocenters. The highest BCUT2D eigenvalue weighted by Crippen LogP contribution is 2.26. The largest absolute Gasteiger partial charge is 0.478 e. The number of nitrogens with one attached hydrogen (secondary N) is 1. The highest BCUT2D eigenvalue weighted by atomic mass is 32.1. The highest BCUT2D eigenvalue weighted by Gasteiger charge is 2.16. The van der Waals surface area contributed by atoms with Gasteiger partial charge in [-0.2, -0.15) is 0 Å². The molecule has 0 spiro atoms. The van der Waals surface area contributed by atoms with Crippen molar-refractivity contribution in [2.24, 2.45) is 0 Å². The molecular formula is C13H13NO3S2. The lowest BCUT2D eigenvalue weighted by Crippen LogP contribution is -2.11. The third-order valence-electron chi connectivity index (χ3n) is 2.75. The van der Waals surface area contributed by atoms with E-state index in [1.807, 2.05) is 19.9 Å². The van der Waals surface area contributed by atoms with Crippen LogP contribution in [0.5, 0.6) is 0 Å². The van der Waals surface area contributed by atoms with E-state index in [9.17, 15) is 9.59 Å². The van der Waals surface area contributed by atoms with Crippen LogP contribution in [0.15, 0.2) is 17.5 Å². The van der Waals surface area contributed by atoms with Crippen LogP contribution in [-0.4, -0.2) is 17.0 Å². The van der Waals surface area contributed by atoms with Gasteiger partial charge in [0, 0.05) is 4.88 Å². The molecule has 0 saturated heterocycles. The second kappa shape index (κ2) is 5.54. The van der Waals surface area contributed by atoms with Crippen LogP contribution in [0.3, 0.4) is 0 Å². The summed E-state index contributed by atoms with van der Waals surface area (Å²) in [5.41, 5.74) is 1.28. The minimum Gasteiger partial charge on any atom is -0.478 e. The molecule has 6 heteroatoms. The number of aryl methyl sites for hydroxylation is 2. The smallest absolute Gasteiger partial charge is 0.338 e. The predicted octanol–water partition coefficient (Wildman–Crippen LogP) is 3.63. The summed E-state index contributed by atoms with van der Waals surface area (Å²) >= 11 is 2.64. The molecule has 0 atom stereocenters. The first kappa shape index (κ1) is 13.8. The summed E-state index contributed by atoms with van der Waals surface area (Å²) in [6.07, 6.45) is 0.884. The zero-order valence-corrected chi connectivity index (χ0v) is 12.2. The van der Waals surface area contributed by atoms with Gasteiger partial charge in [0.05, 0.1) is 10.4 Å². The number of carboxylic acid groups (broad SMARTS) is 1. The monoisotopic (exact) mass is 295 g/mol. The summed E-state index contributed by atoms with van der Waals surface area (Å²) in [7, 11) is 0. The molecular weight excluding hydrogens is 282 g/mol. The van der Waals surface area contributed by atoms with Gasteiger partial charge in [-0.15, -0.1) is 22.7 Å². The molecule has 2 aromatic heterocycles. The second-order valence-corrected chi connectivity index (χ2v) is 6.14. The van der Waals surface area contributed by atoms with Crippen molar-refractivity contribution in [1.29, 1.82) is 0 Å². The summed E-state index contributed by atoms with van der Waals surface area (Å²) < 4.78 is 0. The van der Waals surface area contributed by atoms with E-state index in [-0.39, 0.29) is 11.5 Å². The van der Waals surface area contributed by atoms with E-state index in [1.54, 1.807) is 5.38 Å². The second-order valence-electron chi connectivity index (χ2n) is 3.97. The molecule has 0 fully saturated rings. The Bertz CT molecular complexity index is 628. The van der Waals surface area contributed by atoms with E-state index < -0.39 is 5.97 Å². The lowest BCUT2D eigenvalue weighted by atomic mass is 10.2. The first-order valence-corrected chi connectivity index (χ1v) is 7.44. The topological polar surface area (TPSA) is 66.4 Å². The number of aromatic carboxylic acids is 1. The third-order valence-corrected chi connectivity index (χ3v) is 4.67. The van der Waals surface area contributed by atoms with E-state index in [0.29, 0.717) is 9.88 Å². The fraction of sp³-hybridized carbons (Fsp3) is 0.231. The van der Waals surface area contributed by atoms with Crippen LogP contribution in [0.4, 0.5) is 5.00 Å². The molecule has 4 nitrogen and oxygen atoms in total. The van der Waals surface area contributed by atoms with E-state index >= 15 is 0 Å². The number of hydrogen-bond donors (Lipinski definition) is 2.